The number of fused-ring (bicyclic) bond motifs is 1. The number of aryl methyl sites for hydroxylation is 2. The van der Waals surface area contributed by atoms with Crippen LogP contribution >= 0.6 is 0 Å². The molecule has 1 aliphatic rings. The van der Waals surface area contributed by atoms with Crippen LogP contribution in [0.5, 0.6) is 0 Å². The second-order valence-electron chi connectivity index (χ2n) is 5.39. The first-order valence-electron chi connectivity index (χ1n) is 7.15. The summed E-state index contributed by atoms with van der Waals surface area (Å²) in [6, 6.07) is 4.00. The number of hydrogen-bond donors (Lipinski definition) is 2. The van der Waals surface area contributed by atoms with Crippen molar-refractivity contribution in [3.05, 3.63) is 29.1 Å². The summed E-state index contributed by atoms with van der Waals surface area (Å²) in [6.07, 6.45) is 2.30. The predicted molar refractivity (Wildman–Crippen MR) is 78.6 cm³/mol. The second-order valence-corrected chi connectivity index (χ2v) is 5.39. The molecule has 1 aromatic heterocycles. The molecule has 0 bridgehead atoms. The Kier molecular flexibility index (Phi) is 3.22. The summed E-state index contributed by atoms with van der Waals surface area (Å²) in [4.78, 5) is 16.3. The third-order valence-electron chi connectivity index (χ3n) is 4.05. The summed E-state index contributed by atoms with van der Waals surface area (Å²) >= 11 is 0. The highest BCUT2D eigenvalue weighted by Crippen LogP contribution is 2.28. The van der Waals surface area contributed by atoms with E-state index >= 15 is 0 Å². The summed E-state index contributed by atoms with van der Waals surface area (Å²) in [7, 11) is 0. The SMILES string of the molecule is CCn1c(C2CCCN2)nc2c(C)cc(C(N)=O)cc21. The van der Waals surface area contributed by atoms with Crippen LogP contribution in [0.1, 0.15) is 47.6 Å². The summed E-state index contributed by atoms with van der Waals surface area (Å²) in [5, 5.41) is 3.49. The van der Waals surface area contributed by atoms with Crippen molar-refractivity contribution >= 4 is 16.9 Å². The number of rotatable bonds is 3. The first-order chi connectivity index (χ1) is 9.61. The maximum atomic E-state index is 11.4. The number of benzene rings is 1. The van der Waals surface area contributed by atoms with E-state index in [2.05, 4.69) is 16.8 Å². The molecule has 106 valence electrons. The molecule has 1 aliphatic heterocycles. The molecular weight excluding hydrogens is 252 g/mol. The lowest BCUT2D eigenvalue weighted by Crippen LogP contribution is -2.17. The zero-order chi connectivity index (χ0) is 14.3. The van der Waals surface area contributed by atoms with E-state index in [0.717, 1.165) is 41.9 Å². The maximum absolute atomic E-state index is 11.4. The molecule has 1 unspecified atom stereocenters. The van der Waals surface area contributed by atoms with E-state index in [1.165, 1.54) is 6.42 Å². The summed E-state index contributed by atoms with van der Waals surface area (Å²) < 4.78 is 2.19. The zero-order valence-corrected chi connectivity index (χ0v) is 11.9. The third-order valence-corrected chi connectivity index (χ3v) is 4.05. The van der Waals surface area contributed by atoms with Gasteiger partial charge in [0.05, 0.1) is 17.1 Å². The normalized spacial score (nSPS) is 18.8. The topological polar surface area (TPSA) is 72.9 Å². The summed E-state index contributed by atoms with van der Waals surface area (Å²) in [5.74, 6) is 0.684. The van der Waals surface area contributed by atoms with Gasteiger partial charge in [0.2, 0.25) is 5.91 Å². The Morgan fingerprint density at radius 1 is 1.55 bits per heavy atom. The Hall–Kier alpha value is -1.88. The third kappa shape index (κ3) is 1.98. The molecule has 0 aliphatic carbocycles. The average molecular weight is 272 g/mol. The number of nitrogens with zero attached hydrogens (tertiary/aromatic N) is 2. The lowest BCUT2D eigenvalue weighted by Gasteiger charge is -2.12. The van der Waals surface area contributed by atoms with E-state index in [1.807, 2.05) is 19.1 Å². The molecule has 1 fully saturated rings. The highest BCUT2D eigenvalue weighted by Gasteiger charge is 2.23. The van der Waals surface area contributed by atoms with Crippen LogP contribution in [0.4, 0.5) is 0 Å². The number of carbonyl (C=O) groups is 1. The van der Waals surface area contributed by atoms with Gasteiger partial charge in [-0.15, -0.1) is 0 Å². The van der Waals surface area contributed by atoms with Gasteiger partial charge >= 0.3 is 0 Å². The van der Waals surface area contributed by atoms with Crippen LogP contribution in [0, 0.1) is 6.92 Å². The van der Waals surface area contributed by atoms with Gasteiger partial charge in [-0.1, -0.05) is 0 Å². The number of hydrogen-bond acceptors (Lipinski definition) is 3. The van der Waals surface area contributed by atoms with Crippen molar-refractivity contribution in [1.82, 2.24) is 14.9 Å². The van der Waals surface area contributed by atoms with Crippen LogP contribution in [-0.4, -0.2) is 22.0 Å². The van der Waals surface area contributed by atoms with Gasteiger partial charge in [-0.2, -0.15) is 0 Å². The highest BCUT2D eigenvalue weighted by molar-refractivity contribution is 5.97. The quantitative estimate of drug-likeness (QED) is 0.896. The fourth-order valence-corrected chi connectivity index (χ4v) is 3.06. The van der Waals surface area contributed by atoms with Gasteiger partial charge in [0.25, 0.3) is 0 Å². The van der Waals surface area contributed by atoms with E-state index in [-0.39, 0.29) is 5.91 Å². The van der Waals surface area contributed by atoms with Gasteiger partial charge in [-0.3, -0.25) is 4.79 Å². The van der Waals surface area contributed by atoms with E-state index < -0.39 is 0 Å². The van der Waals surface area contributed by atoms with E-state index in [4.69, 9.17) is 10.7 Å². The monoisotopic (exact) mass is 272 g/mol. The molecule has 1 aromatic carbocycles. The van der Waals surface area contributed by atoms with Gasteiger partial charge in [-0.25, -0.2) is 4.98 Å². The van der Waals surface area contributed by atoms with Crippen molar-refractivity contribution in [2.45, 2.75) is 39.3 Å². The largest absolute Gasteiger partial charge is 0.366 e. The summed E-state index contributed by atoms with van der Waals surface area (Å²) in [6.45, 7) is 5.97. The van der Waals surface area contributed by atoms with Crippen molar-refractivity contribution in [3.63, 3.8) is 0 Å². The Morgan fingerprint density at radius 2 is 2.35 bits per heavy atom. The molecule has 3 N–H and O–H groups in total. The van der Waals surface area contributed by atoms with Crippen LogP contribution in [-0.2, 0) is 6.54 Å². The predicted octanol–water partition coefficient (Wildman–Crippen LogP) is 1.89. The fourth-order valence-electron chi connectivity index (χ4n) is 3.06. The minimum absolute atomic E-state index is 0.318. The van der Waals surface area contributed by atoms with Gasteiger partial charge < -0.3 is 15.6 Å². The average Bonchev–Trinajstić information content (AvgIpc) is 3.04. The Morgan fingerprint density at radius 3 is 2.95 bits per heavy atom. The second kappa shape index (κ2) is 4.90. The van der Waals surface area contributed by atoms with E-state index in [0.29, 0.717) is 11.6 Å². The molecule has 0 spiro atoms. The van der Waals surface area contributed by atoms with Crippen molar-refractivity contribution in [1.29, 1.82) is 0 Å². The molecule has 5 heteroatoms. The van der Waals surface area contributed by atoms with Crippen LogP contribution in [0.2, 0.25) is 0 Å². The number of imidazole rings is 1. The highest BCUT2D eigenvalue weighted by atomic mass is 16.1. The number of nitrogens with one attached hydrogen (secondary N) is 1. The molecule has 1 saturated heterocycles. The van der Waals surface area contributed by atoms with Crippen molar-refractivity contribution in [2.75, 3.05) is 6.54 Å². The smallest absolute Gasteiger partial charge is 0.248 e. The lowest BCUT2D eigenvalue weighted by atomic mass is 10.1. The number of carbonyl (C=O) groups excluding carboxylic acids is 1. The van der Waals surface area contributed by atoms with Crippen LogP contribution in [0.3, 0.4) is 0 Å². The lowest BCUT2D eigenvalue weighted by molar-refractivity contribution is 0.100. The Balaban J connectivity index is 2.22. The standard InChI is InChI=1S/C15H20N4O/c1-3-19-12-8-10(14(16)20)7-9(2)13(12)18-15(19)11-5-4-6-17-11/h7-8,11,17H,3-6H2,1-2H3,(H2,16,20). The molecular formula is C15H20N4O. The molecule has 20 heavy (non-hydrogen) atoms. The molecule has 2 aromatic rings. The summed E-state index contributed by atoms with van der Waals surface area (Å²) in [5.41, 5.74) is 8.94. The van der Waals surface area contributed by atoms with Gasteiger partial charge in [0, 0.05) is 12.1 Å². The molecule has 2 heterocycles. The zero-order valence-electron chi connectivity index (χ0n) is 11.9. The molecule has 0 radical (unpaired) electrons. The van der Waals surface area contributed by atoms with Crippen molar-refractivity contribution < 1.29 is 4.79 Å². The van der Waals surface area contributed by atoms with Crippen LogP contribution < -0.4 is 11.1 Å². The van der Waals surface area contributed by atoms with Gasteiger partial charge in [-0.05, 0) is 50.9 Å². The van der Waals surface area contributed by atoms with Gasteiger partial charge in [0.1, 0.15) is 5.82 Å². The Bertz CT molecular complexity index is 668. The van der Waals surface area contributed by atoms with Crippen LogP contribution in [0.15, 0.2) is 12.1 Å². The van der Waals surface area contributed by atoms with E-state index in [1.54, 1.807) is 0 Å². The number of nitrogens with two attached hydrogens (primary N) is 1. The minimum atomic E-state index is -0.389. The molecule has 0 saturated carbocycles. The molecule has 1 amide bonds. The van der Waals surface area contributed by atoms with Crippen molar-refractivity contribution in [2.24, 2.45) is 5.73 Å². The maximum Gasteiger partial charge on any atom is 0.248 e. The first kappa shape index (κ1) is 13.1. The molecule has 3 rings (SSSR count). The minimum Gasteiger partial charge on any atom is -0.366 e. The fraction of sp³-hybridized carbons (Fsp3) is 0.467. The van der Waals surface area contributed by atoms with Crippen molar-refractivity contribution in [3.8, 4) is 0 Å². The number of amides is 1. The molecule has 1 atom stereocenters. The van der Waals surface area contributed by atoms with E-state index in [9.17, 15) is 4.79 Å². The number of aromatic nitrogens is 2. The van der Waals surface area contributed by atoms with Gasteiger partial charge in [0.15, 0.2) is 0 Å². The van der Waals surface area contributed by atoms with Crippen LogP contribution in [0.25, 0.3) is 11.0 Å². The number of primary amides is 1. The Labute approximate surface area is 118 Å². The first-order valence-corrected chi connectivity index (χ1v) is 7.15. The molecule has 5 nitrogen and oxygen atoms in total.